The van der Waals surface area contributed by atoms with E-state index in [1.807, 2.05) is 0 Å². The highest BCUT2D eigenvalue weighted by Crippen LogP contribution is 2.14. The highest BCUT2D eigenvalue weighted by atomic mass is 28.4. The topological polar surface area (TPSA) is 47.8 Å². The van der Waals surface area contributed by atoms with Gasteiger partial charge in [0.15, 0.2) is 17.4 Å². The maximum absolute atomic E-state index is 11.4. The number of hydrogen-bond acceptors (Lipinski definition) is 5. The Morgan fingerprint density at radius 3 is 2.52 bits per heavy atom. The van der Waals surface area contributed by atoms with E-state index in [1.165, 1.54) is 0 Å². The molecule has 0 aromatic rings. The minimum Gasteiger partial charge on any atom is -0.463 e. The quantitative estimate of drug-likeness (QED) is 0.237. The van der Waals surface area contributed by atoms with Crippen molar-refractivity contribution in [2.45, 2.75) is 45.1 Å². The van der Waals surface area contributed by atoms with Crippen LogP contribution in [0, 0.1) is 0 Å². The average molecular weight is 333 g/mol. The van der Waals surface area contributed by atoms with Crippen molar-refractivity contribution in [2.24, 2.45) is 0 Å². The third-order valence-corrected chi connectivity index (χ3v) is 8.61. The summed E-state index contributed by atoms with van der Waals surface area (Å²) in [4.78, 5) is 13.6. The third-order valence-electron chi connectivity index (χ3n) is 3.21. The van der Waals surface area contributed by atoms with E-state index in [4.69, 9.17) is 13.6 Å². The minimum absolute atomic E-state index is 0.118. The Bertz CT molecular complexity index is 309. The lowest BCUT2D eigenvalue weighted by molar-refractivity contribution is -0.145. The van der Waals surface area contributed by atoms with Gasteiger partial charge in [0.25, 0.3) is 0 Å². The van der Waals surface area contributed by atoms with Crippen LogP contribution in [0.1, 0.15) is 12.8 Å². The molecule has 0 unspecified atom stereocenters. The molecule has 0 atom stereocenters. The average Bonchev–Trinajstić information content (AvgIpc) is 3.17. The largest absolute Gasteiger partial charge is 0.463 e. The molecule has 21 heavy (non-hydrogen) atoms. The van der Waals surface area contributed by atoms with Gasteiger partial charge in [-0.2, -0.15) is 0 Å². The van der Waals surface area contributed by atoms with Gasteiger partial charge in [-0.1, -0.05) is 0 Å². The van der Waals surface area contributed by atoms with Gasteiger partial charge >= 0.3 is 5.97 Å². The predicted molar refractivity (Wildman–Crippen MR) is 88.3 cm³/mol. The first-order chi connectivity index (χ1) is 9.89. The van der Waals surface area contributed by atoms with Crippen LogP contribution in [0.3, 0.4) is 0 Å². The van der Waals surface area contributed by atoms with Crippen molar-refractivity contribution >= 4 is 23.3 Å². The summed E-state index contributed by atoms with van der Waals surface area (Å²) < 4.78 is 16.7. The lowest BCUT2D eigenvalue weighted by Crippen LogP contribution is -2.35. The molecular formula is C14H30NO4Si2. The third kappa shape index (κ3) is 11.1. The van der Waals surface area contributed by atoms with Gasteiger partial charge in [0, 0.05) is 26.2 Å². The Labute approximate surface area is 131 Å². The van der Waals surface area contributed by atoms with E-state index < -0.39 is 17.4 Å². The molecule has 0 bridgehead atoms. The van der Waals surface area contributed by atoms with Crippen molar-refractivity contribution in [3.8, 4) is 0 Å². The van der Waals surface area contributed by atoms with Gasteiger partial charge in [-0.15, -0.1) is 0 Å². The second kappa shape index (κ2) is 9.73. The zero-order valence-electron chi connectivity index (χ0n) is 13.9. The van der Waals surface area contributed by atoms with E-state index in [0.29, 0.717) is 19.6 Å². The summed E-state index contributed by atoms with van der Waals surface area (Å²) in [6.07, 6.45) is 1.52. The number of nitrogens with zero attached hydrogens (tertiary/aromatic N) is 1. The zero-order valence-corrected chi connectivity index (χ0v) is 15.9. The van der Waals surface area contributed by atoms with Gasteiger partial charge in [-0.3, -0.25) is 4.79 Å². The number of carbonyl (C=O) groups excluding carboxylic acids is 1. The second-order valence-electron chi connectivity index (χ2n) is 6.30. The lowest BCUT2D eigenvalue weighted by Gasteiger charge is -2.25. The van der Waals surface area contributed by atoms with Crippen molar-refractivity contribution in [1.29, 1.82) is 0 Å². The molecular weight excluding hydrogens is 302 g/mol. The van der Waals surface area contributed by atoms with Crippen molar-refractivity contribution in [2.75, 3.05) is 39.5 Å². The molecule has 1 aliphatic heterocycles. The molecule has 0 saturated carbocycles. The van der Waals surface area contributed by atoms with Crippen molar-refractivity contribution in [3.05, 3.63) is 0 Å². The molecule has 1 saturated heterocycles. The number of carbonyl (C=O) groups is 1. The first-order valence-electron chi connectivity index (χ1n) is 7.84. The number of ether oxygens (including phenoxy) is 2. The molecule has 1 fully saturated rings. The van der Waals surface area contributed by atoms with E-state index in [2.05, 4.69) is 31.1 Å². The molecule has 123 valence electrons. The summed E-state index contributed by atoms with van der Waals surface area (Å²) in [5, 5.41) is 0. The van der Waals surface area contributed by atoms with Gasteiger partial charge in [0.1, 0.15) is 6.61 Å². The molecule has 1 aliphatic rings. The lowest BCUT2D eigenvalue weighted by atomic mass is 10.4. The molecule has 0 amide bonds. The van der Waals surface area contributed by atoms with Gasteiger partial charge in [-0.25, -0.2) is 0 Å². The van der Waals surface area contributed by atoms with E-state index in [0.717, 1.165) is 38.7 Å². The Morgan fingerprint density at radius 2 is 1.90 bits per heavy atom. The maximum atomic E-state index is 11.4. The van der Waals surface area contributed by atoms with E-state index >= 15 is 0 Å². The van der Waals surface area contributed by atoms with Crippen LogP contribution in [0.5, 0.6) is 0 Å². The van der Waals surface area contributed by atoms with E-state index in [9.17, 15) is 4.79 Å². The first-order valence-corrected chi connectivity index (χ1v) is 13.4. The van der Waals surface area contributed by atoms with Crippen LogP contribution >= 0.6 is 0 Å². The molecule has 1 heterocycles. The number of rotatable bonds is 12. The molecule has 1 radical (unpaired) electrons. The Balaban J connectivity index is 1.88. The Hall–Kier alpha value is -0.216. The van der Waals surface area contributed by atoms with Crippen LogP contribution in [-0.4, -0.2) is 67.7 Å². The van der Waals surface area contributed by atoms with Gasteiger partial charge in [-0.05, 0) is 38.7 Å². The highest BCUT2D eigenvalue weighted by molar-refractivity contribution is 6.77. The Kier molecular flexibility index (Phi) is 8.73. The standard InChI is InChI=1S/C14H30NO4Si2/c1-20(2)19-21(3,4)13-5-10-17-11-12-18-14(16)6-7-15-8-9-15/h5-13H2,1-4H3. The van der Waals surface area contributed by atoms with Crippen molar-refractivity contribution in [3.63, 3.8) is 0 Å². The van der Waals surface area contributed by atoms with Crippen molar-refractivity contribution < 1.29 is 18.4 Å². The fourth-order valence-electron chi connectivity index (χ4n) is 2.14. The van der Waals surface area contributed by atoms with Gasteiger partial charge in [0.05, 0.1) is 13.0 Å². The van der Waals surface area contributed by atoms with Gasteiger partial charge in [0.2, 0.25) is 0 Å². The van der Waals surface area contributed by atoms with E-state index in [-0.39, 0.29) is 5.97 Å². The van der Waals surface area contributed by atoms with Crippen LogP contribution in [-0.2, 0) is 18.4 Å². The maximum Gasteiger partial charge on any atom is 0.307 e. The molecule has 0 spiro atoms. The monoisotopic (exact) mass is 332 g/mol. The van der Waals surface area contributed by atoms with Crippen LogP contribution in [0.2, 0.25) is 32.2 Å². The summed E-state index contributed by atoms with van der Waals surface area (Å²) in [6, 6.07) is 1.12. The van der Waals surface area contributed by atoms with Crippen LogP contribution < -0.4 is 0 Å². The summed E-state index contributed by atoms with van der Waals surface area (Å²) in [5.41, 5.74) is 0. The minimum atomic E-state index is -1.49. The van der Waals surface area contributed by atoms with E-state index in [1.54, 1.807) is 0 Å². The molecule has 0 aromatic carbocycles. The summed E-state index contributed by atoms with van der Waals surface area (Å²) >= 11 is 0. The zero-order chi connectivity index (χ0) is 15.7. The Morgan fingerprint density at radius 1 is 1.19 bits per heavy atom. The number of esters is 1. The van der Waals surface area contributed by atoms with Crippen LogP contribution in [0.4, 0.5) is 0 Å². The molecule has 0 aromatic heterocycles. The highest BCUT2D eigenvalue weighted by Gasteiger charge is 2.23. The molecule has 7 heteroatoms. The predicted octanol–water partition coefficient (Wildman–Crippen LogP) is 2.11. The summed E-state index contributed by atoms with van der Waals surface area (Å²) in [7, 11) is -2.09. The SMILES string of the molecule is C[Si](C)O[Si](C)(C)CCCOCCOC(=O)CCN1CC1. The fourth-order valence-corrected chi connectivity index (χ4v) is 7.96. The van der Waals surface area contributed by atoms with Crippen LogP contribution in [0.25, 0.3) is 0 Å². The molecule has 0 aliphatic carbocycles. The summed E-state index contributed by atoms with van der Waals surface area (Å²) in [5.74, 6) is -0.118. The van der Waals surface area contributed by atoms with Crippen LogP contribution in [0.15, 0.2) is 0 Å². The number of hydrogen-bond donors (Lipinski definition) is 0. The summed E-state index contributed by atoms with van der Waals surface area (Å²) in [6.45, 7) is 13.6. The first kappa shape index (κ1) is 18.8. The molecule has 0 N–H and O–H groups in total. The molecule has 5 nitrogen and oxygen atoms in total. The van der Waals surface area contributed by atoms with Crippen molar-refractivity contribution in [1.82, 2.24) is 4.90 Å². The fraction of sp³-hybridized carbons (Fsp3) is 0.929. The van der Waals surface area contributed by atoms with Gasteiger partial charge < -0.3 is 18.5 Å². The normalized spacial score (nSPS) is 15.5. The smallest absolute Gasteiger partial charge is 0.307 e. The second-order valence-corrected chi connectivity index (χ2v) is 13.0. The molecule has 1 rings (SSSR count).